The Morgan fingerprint density at radius 1 is 1.00 bits per heavy atom. The van der Waals surface area contributed by atoms with Crippen molar-refractivity contribution in [3.8, 4) is 11.5 Å². The van der Waals surface area contributed by atoms with Crippen LogP contribution < -0.4 is 9.47 Å². The van der Waals surface area contributed by atoms with Gasteiger partial charge in [0.2, 0.25) is 6.79 Å². The lowest BCUT2D eigenvalue weighted by Crippen LogP contribution is -1.97. The van der Waals surface area contributed by atoms with Crippen LogP contribution in [0.5, 0.6) is 11.5 Å². The maximum absolute atomic E-state index is 11.0. The fourth-order valence-electron chi connectivity index (χ4n) is 1.78. The largest absolute Gasteiger partial charge is 0.454 e. The lowest BCUT2D eigenvalue weighted by Gasteiger charge is -2.03. The summed E-state index contributed by atoms with van der Waals surface area (Å²) >= 11 is 0. The second kappa shape index (κ2) is 3.35. The first-order valence-corrected chi connectivity index (χ1v) is 6.29. The second-order valence-corrected chi connectivity index (χ2v) is 5.11. The van der Waals surface area contributed by atoms with Gasteiger partial charge in [0.25, 0.3) is 10.1 Å². The van der Waals surface area contributed by atoms with Crippen molar-refractivity contribution in [2.24, 2.45) is 0 Å². The zero-order valence-electron chi connectivity index (χ0n) is 8.58. The molecule has 1 aliphatic heterocycles. The molecule has 0 atom stereocenters. The molecular formula is C11H8O5S. The highest BCUT2D eigenvalue weighted by Gasteiger charge is 2.16. The van der Waals surface area contributed by atoms with E-state index >= 15 is 0 Å². The Hall–Kier alpha value is -1.79. The van der Waals surface area contributed by atoms with Crippen LogP contribution in [0, 0.1) is 0 Å². The van der Waals surface area contributed by atoms with Gasteiger partial charge in [-0.1, -0.05) is 6.07 Å². The fraction of sp³-hybridized carbons (Fsp3) is 0.0909. The third kappa shape index (κ3) is 1.71. The Labute approximate surface area is 97.3 Å². The number of fused-ring (bicyclic) bond motifs is 2. The lowest BCUT2D eigenvalue weighted by molar-refractivity contribution is 0.174. The van der Waals surface area contributed by atoms with Crippen molar-refractivity contribution in [3.63, 3.8) is 0 Å². The lowest BCUT2D eigenvalue weighted by atomic mass is 10.1. The van der Waals surface area contributed by atoms with Crippen molar-refractivity contribution in [1.82, 2.24) is 0 Å². The second-order valence-electron chi connectivity index (χ2n) is 3.69. The van der Waals surface area contributed by atoms with E-state index in [9.17, 15) is 8.42 Å². The molecule has 0 unspecified atom stereocenters. The molecule has 0 radical (unpaired) electrons. The van der Waals surface area contributed by atoms with E-state index in [1.165, 1.54) is 12.1 Å². The molecule has 17 heavy (non-hydrogen) atoms. The van der Waals surface area contributed by atoms with Crippen LogP contribution in [0.1, 0.15) is 0 Å². The first-order valence-electron chi connectivity index (χ1n) is 4.85. The van der Waals surface area contributed by atoms with Gasteiger partial charge in [-0.05, 0) is 35.0 Å². The number of hydrogen-bond donors (Lipinski definition) is 1. The molecule has 5 nitrogen and oxygen atoms in total. The molecule has 88 valence electrons. The van der Waals surface area contributed by atoms with Crippen LogP contribution in [0.2, 0.25) is 0 Å². The summed E-state index contributed by atoms with van der Waals surface area (Å²) in [4.78, 5) is -0.135. The average Bonchev–Trinajstić information content (AvgIpc) is 2.70. The van der Waals surface area contributed by atoms with Gasteiger partial charge in [-0.2, -0.15) is 8.42 Å². The number of hydrogen-bond acceptors (Lipinski definition) is 4. The zero-order valence-corrected chi connectivity index (χ0v) is 9.40. The third-order valence-electron chi connectivity index (χ3n) is 2.60. The molecule has 0 amide bonds. The van der Waals surface area contributed by atoms with E-state index in [-0.39, 0.29) is 11.7 Å². The number of benzene rings is 2. The van der Waals surface area contributed by atoms with Crippen molar-refractivity contribution in [2.75, 3.05) is 6.79 Å². The predicted molar refractivity (Wildman–Crippen MR) is 59.9 cm³/mol. The molecular weight excluding hydrogens is 244 g/mol. The van der Waals surface area contributed by atoms with E-state index < -0.39 is 10.1 Å². The van der Waals surface area contributed by atoms with Crippen molar-refractivity contribution >= 4 is 20.9 Å². The van der Waals surface area contributed by atoms with E-state index in [2.05, 4.69) is 0 Å². The summed E-state index contributed by atoms with van der Waals surface area (Å²) in [6.07, 6.45) is 0. The summed E-state index contributed by atoms with van der Waals surface area (Å²) in [6, 6.07) is 7.81. The number of rotatable bonds is 1. The minimum absolute atomic E-state index is 0.135. The van der Waals surface area contributed by atoms with Crippen molar-refractivity contribution in [2.45, 2.75) is 4.90 Å². The molecule has 1 N–H and O–H groups in total. The molecule has 0 spiro atoms. The molecule has 0 saturated carbocycles. The summed E-state index contributed by atoms with van der Waals surface area (Å²) in [6.45, 7) is 0.164. The smallest absolute Gasteiger partial charge is 0.294 e. The van der Waals surface area contributed by atoms with E-state index in [0.717, 1.165) is 5.39 Å². The van der Waals surface area contributed by atoms with E-state index in [0.29, 0.717) is 16.9 Å². The molecule has 0 aliphatic carbocycles. The predicted octanol–water partition coefficient (Wildman–Crippen LogP) is 1.82. The minimum Gasteiger partial charge on any atom is -0.454 e. The molecule has 0 aromatic heterocycles. The zero-order chi connectivity index (χ0) is 12.0. The molecule has 0 bridgehead atoms. The van der Waals surface area contributed by atoms with Crippen LogP contribution in [-0.4, -0.2) is 19.8 Å². The van der Waals surface area contributed by atoms with Gasteiger partial charge in [0.1, 0.15) is 0 Å². The normalized spacial score (nSPS) is 14.2. The number of ether oxygens (including phenoxy) is 2. The van der Waals surface area contributed by atoms with E-state index in [1.807, 2.05) is 0 Å². The van der Waals surface area contributed by atoms with Gasteiger partial charge >= 0.3 is 0 Å². The molecule has 0 fully saturated rings. The van der Waals surface area contributed by atoms with Gasteiger partial charge in [-0.15, -0.1) is 0 Å². The van der Waals surface area contributed by atoms with Crippen LogP contribution in [0.15, 0.2) is 35.2 Å². The highest BCUT2D eigenvalue weighted by atomic mass is 32.2. The third-order valence-corrected chi connectivity index (χ3v) is 3.45. The van der Waals surface area contributed by atoms with Gasteiger partial charge in [0.15, 0.2) is 11.5 Å². The van der Waals surface area contributed by atoms with Crippen LogP contribution in [0.4, 0.5) is 0 Å². The maximum Gasteiger partial charge on any atom is 0.294 e. The Morgan fingerprint density at radius 2 is 1.65 bits per heavy atom. The molecule has 0 saturated heterocycles. The van der Waals surface area contributed by atoms with Crippen LogP contribution >= 0.6 is 0 Å². The van der Waals surface area contributed by atoms with Gasteiger partial charge in [0, 0.05) is 0 Å². The first kappa shape index (κ1) is 10.4. The standard InChI is InChI=1S/C11H8O5S/c12-17(13,14)9-2-1-7-4-10-11(16-6-15-10)5-8(7)3-9/h1-5H,6H2,(H,12,13,14). The molecule has 6 heteroatoms. The molecule has 1 aliphatic rings. The van der Waals surface area contributed by atoms with Crippen LogP contribution in [0.25, 0.3) is 10.8 Å². The monoisotopic (exact) mass is 252 g/mol. The summed E-state index contributed by atoms with van der Waals surface area (Å²) in [5.74, 6) is 1.21. The van der Waals surface area contributed by atoms with Gasteiger partial charge < -0.3 is 9.47 Å². The first-order chi connectivity index (χ1) is 8.04. The molecule has 2 aromatic rings. The SMILES string of the molecule is O=S(=O)(O)c1ccc2cc3c(cc2c1)OCO3. The van der Waals surface area contributed by atoms with Gasteiger partial charge in [0.05, 0.1) is 4.90 Å². The Bertz CT molecular complexity index is 705. The summed E-state index contributed by atoms with van der Waals surface area (Å²) in [5, 5.41) is 1.49. The highest BCUT2D eigenvalue weighted by molar-refractivity contribution is 7.85. The summed E-state index contributed by atoms with van der Waals surface area (Å²) < 4.78 is 41.4. The fourth-order valence-corrected chi connectivity index (χ4v) is 2.29. The summed E-state index contributed by atoms with van der Waals surface area (Å²) in [7, 11) is -4.18. The molecule has 2 aromatic carbocycles. The maximum atomic E-state index is 11.0. The summed E-state index contributed by atoms with van der Waals surface area (Å²) in [5.41, 5.74) is 0. The van der Waals surface area contributed by atoms with Crippen molar-refractivity contribution < 1.29 is 22.4 Å². The van der Waals surface area contributed by atoms with E-state index in [1.54, 1.807) is 18.2 Å². The minimum atomic E-state index is -4.18. The highest BCUT2D eigenvalue weighted by Crippen LogP contribution is 2.36. The van der Waals surface area contributed by atoms with Crippen LogP contribution in [-0.2, 0) is 10.1 Å². The molecule has 3 rings (SSSR count). The van der Waals surface area contributed by atoms with Crippen LogP contribution in [0.3, 0.4) is 0 Å². The van der Waals surface area contributed by atoms with Gasteiger partial charge in [-0.25, -0.2) is 0 Å². The topological polar surface area (TPSA) is 72.8 Å². The Balaban J connectivity index is 2.27. The average molecular weight is 252 g/mol. The van der Waals surface area contributed by atoms with Gasteiger partial charge in [-0.3, -0.25) is 4.55 Å². The van der Waals surface area contributed by atoms with Crippen molar-refractivity contribution in [1.29, 1.82) is 0 Å². The molecule has 1 heterocycles. The van der Waals surface area contributed by atoms with E-state index in [4.69, 9.17) is 14.0 Å². The Morgan fingerprint density at radius 3 is 2.29 bits per heavy atom. The quantitative estimate of drug-likeness (QED) is 0.784. The van der Waals surface area contributed by atoms with Crippen molar-refractivity contribution in [3.05, 3.63) is 30.3 Å². The Kier molecular flexibility index (Phi) is 2.04.